The number of carbonyl (C=O) groups excluding carboxylic acids is 1. The molecule has 0 radical (unpaired) electrons. The molecule has 0 amide bonds. The number of allylic oxidation sites excluding steroid dienone is 1. The highest BCUT2D eigenvalue weighted by atomic mass is 32.1. The lowest BCUT2D eigenvalue weighted by molar-refractivity contribution is -0.139. The van der Waals surface area contributed by atoms with E-state index < -0.39 is 12.0 Å². The minimum absolute atomic E-state index is 0.110. The molecule has 7 rings (SSSR count). The van der Waals surface area contributed by atoms with Crippen molar-refractivity contribution >= 4 is 34.3 Å². The highest BCUT2D eigenvalue weighted by Crippen LogP contribution is 2.39. The van der Waals surface area contributed by atoms with Crippen LogP contribution in [0.15, 0.2) is 94.0 Å². The molecule has 2 aliphatic rings. The number of rotatable bonds is 8. The van der Waals surface area contributed by atoms with Crippen molar-refractivity contribution in [1.29, 1.82) is 5.26 Å². The van der Waals surface area contributed by atoms with Gasteiger partial charge in [-0.1, -0.05) is 67.1 Å². The smallest absolute Gasteiger partial charge is 0.338 e. The second-order valence-electron chi connectivity index (χ2n) is 11.0. The molecule has 0 saturated heterocycles. The van der Waals surface area contributed by atoms with Crippen LogP contribution in [0.2, 0.25) is 0 Å². The van der Waals surface area contributed by atoms with E-state index in [9.17, 15) is 14.9 Å². The molecule has 1 atom stereocenters. The first-order valence-corrected chi connectivity index (χ1v) is 16.0. The van der Waals surface area contributed by atoms with E-state index in [0.29, 0.717) is 56.2 Å². The van der Waals surface area contributed by atoms with E-state index in [1.807, 2.05) is 79.9 Å². The molecule has 0 fully saturated rings. The molecule has 9 nitrogen and oxygen atoms in total. The van der Waals surface area contributed by atoms with Crippen LogP contribution in [0.4, 0.5) is 0 Å². The first kappa shape index (κ1) is 29.3. The Morgan fingerprint density at radius 2 is 1.91 bits per heavy atom. The SMILES string of the molecule is CCCC1=C(C(=O)OCC)[C@@H](c2ccc3c(c2)OCO3)n2c(s/c(=C/c3cn(Cc4ccccc4C#N)c4ccccc34)c2=O)=N1. The minimum atomic E-state index is -0.752. The van der Waals surface area contributed by atoms with Gasteiger partial charge >= 0.3 is 5.97 Å². The summed E-state index contributed by atoms with van der Waals surface area (Å²) in [4.78, 5) is 33.3. The number of nitrogens with zero attached hydrogens (tertiary/aromatic N) is 4. The number of ether oxygens (including phenoxy) is 3. The molecule has 0 unspecified atom stereocenters. The van der Waals surface area contributed by atoms with E-state index in [2.05, 4.69) is 10.6 Å². The Morgan fingerprint density at radius 3 is 2.74 bits per heavy atom. The average Bonchev–Trinajstić information content (AvgIpc) is 3.77. The van der Waals surface area contributed by atoms with Crippen LogP contribution in [-0.2, 0) is 16.1 Å². The predicted molar refractivity (Wildman–Crippen MR) is 174 cm³/mol. The Balaban J connectivity index is 1.41. The number of para-hydroxylation sites is 1. The van der Waals surface area contributed by atoms with Crippen molar-refractivity contribution in [3.63, 3.8) is 0 Å². The number of hydrogen-bond acceptors (Lipinski definition) is 8. The second-order valence-corrected chi connectivity index (χ2v) is 12.0. The Labute approximate surface area is 268 Å². The third-order valence-corrected chi connectivity index (χ3v) is 9.17. The number of benzene rings is 3. The summed E-state index contributed by atoms with van der Waals surface area (Å²) in [5.41, 5.74) is 4.81. The number of hydrogen-bond donors (Lipinski definition) is 0. The first-order chi connectivity index (χ1) is 22.5. The fourth-order valence-corrected chi connectivity index (χ4v) is 7.14. The van der Waals surface area contributed by atoms with Gasteiger partial charge in [0.05, 0.1) is 40.1 Å². The van der Waals surface area contributed by atoms with Crippen LogP contribution in [0.5, 0.6) is 11.5 Å². The normalized spacial score (nSPS) is 15.5. The topological polar surface area (TPSA) is 108 Å². The molecule has 46 heavy (non-hydrogen) atoms. The van der Waals surface area contributed by atoms with Crippen LogP contribution in [0.3, 0.4) is 0 Å². The highest BCUT2D eigenvalue weighted by Gasteiger charge is 2.35. The van der Waals surface area contributed by atoms with Crippen molar-refractivity contribution in [2.75, 3.05) is 13.4 Å². The van der Waals surface area contributed by atoms with Gasteiger partial charge in [0.15, 0.2) is 16.3 Å². The van der Waals surface area contributed by atoms with Crippen LogP contribution in [0.25, 0.3) is 17.0 Å². The summed E-state index contributed by atoms with van der Waals surface area (Å²) in [6, 6.07) is 22.6. The number of fused-ring (bicyclic) bond motifs is 3. The molecule has 3 aromatic carbocycles. The molecule has 2 aliphatic heterocycles. The van der Waals surface area contributed by atoms with Crippen LogP contribution >= 0.6 is 11.3 Å². The Bertz CT molecular complexity index is 2270. The zero-order valence-electron chi connectivity index (χ0n) is 25.4. The first-order valence-electron chi connectivity index (χ1n) is 15.2. The summed E-state index contributed by atoms with van der Waals surface area (Å²) in [6.45, 7) is 4.60. The second kappa shape index (κ2) is 12.2. The van der Waals surface area contributed by atoms with Gasteiger partial charge in [0, 0.05) is 29.2 Å². The van der Waals surface area contributed by atoms with E-state index in [-0.39, 0.29) is 19.0 Å². The molecule has 10 heteroatoms. The van der Waals surface area contributed by atoms with Crippen molar-refractivity contribution in [3.8, 4) is 17.6 Å². The lowest BCUT2D eigenvalue weighted by Crippen LogP contribution is -2.40. The van der Waals surface area contributed by atoms with Crippen LogP contribution in [0.1, 0.15) is 55.0 Å². The molecular formula is C36H30N4O5S. The van der Waals surface area contributed by atoms with Gasteiger partial charge in [0.2, 0.25) is 6.79 Å². The van der Waals surface area contributed by atoms with E-state index in [0.717, 1.165) is 28.5 Å². The third kappa shape index (κ3) is 5.08. The quantitative estimate of drug-likeness (QED) is 0.219. The molecule has 5 aromatic rings. The van der Waals surface area contributed by atoms with Gasteiger partial charge < -0.3 is 18.8 Å². The maximum Gasteiger partial charge on any atom is 0.338 e. The fourth-order valence-electron chi connectivity index (χ4n) is 6.13. The number of aromatic nitrogens is 2. The molecule has 2 aromatic heterocycles. The van der Waals surface area contributed by atoms with Crippen molar-refractivity contribution in [2.24, 2.45) is 4.99 Å². The van der Waals surface area contributed by atoms with Crippen molar-refractivity contribution in [2.45, 2.75) is 39.3 Å². The molecule has 0 bridgehead atoms. The van der Waals surface area contributed by atoms with Crippen molar-refractivity contribution in [1.82, 2.24) is 9.13 Å². The zero-order valence-corrected chi connectivity index (χ0v) is 26.2. The molecule has 230 valence electrons. The van der Waals surface area contributed by atoms with Gasteiger partial charge in [-0.25, -0.2) is 9.79 Å². The highest BCUT2D eigenvalue weighted by molar-refractivity contribution is 7.07. The third-order valence-electron chi connectivity index (χ3n) is 8.19. The van der Waals surface area contributed by atoms with Gasteiger partial charge in [-0.3, -0.25) is 9.36 Å². The van der Waals surface area contributed by atoms with Gasteiger partial charge in [-0.15, -0.1) is 0 Å². The van der Waals surface area contributed by atoms with Crippen LogP contribution in [-0.4, -0.2) is 28.5 Å². The molecule has 0 N–H and O–H groups in total. The number of nitriles is 1. The Morgan fingerprint density at radius 1 is 1.11 bits per heavy atom. The molecule has 0 saturated carbocycles. The van der Waals surface area contributed by atoms with Crippen molar-refractivity contribution < 1.29 is 19.0 Å². The standard InChI is InChI=1S/C36H30N4O5S/c1-3-9-27-32(35(42)43-4-2)33(22-14-15-29-30(16-22)45-21-44-29)40-34(41)31(46-36(40)38-27)17-25-20-39(28-13-8-7-12-26(25)28)19-24-11-6-5-10-23(24)18-37/h5-8,10-17,20,33H,3-4,9,19,21H2,1-2H3/b31-17+/t33-/m1/s1. The molecular weight excluding hydrogens is 600 g/mol. The average molecular weight is 631 g/mol. The van der Waals surface area contributed by atoms with Crippen LogP contribution < -0.4 is 24.4 Å². The van der Waals surface area contributed by atoms with E-state index in [1.54, 1.807) is 17.6 Å². The zero-order chi connectivity index (χ0) is 31.8. The maximum absolute atomic E-state index is 14.4. The van der Waals surface area contributed by atoms with Gasteiger partial charge in [-0.05, 0) is 54.8 Å². The summed E-state index contributed by atoms with van der Waals surface area (Å²) in [7, 11) is 0. The number of thiazole rings is 1. The summed E-state index contributed by atoms with van der Waals surface area (Å²) >= 11 is 1.30. The molecule has 0 aliphatic carbocycles. The fraction of sp³-hybridized carbons (Fsp3) is 0.222. The molecule has 0 spiro atoms. The van der Waals surface area contributed by atoms with Gasteiger partial charge in [0.25, 0.3) is 5.56 Å². The summed E-state index contributed by atoms with van der Waals surface area (Å²) in [5, 5.41) is 10.6. The largest absolute Gasteiger partial charge is 0.463 e. The monoisotopic (exact) mass is 630 g/mol. The van der Waals surface area contributed by atoms with Crippen molar-refractivity contribution in [3.05, 3.63) is 126 Å². The number of esters is 1. The van der Waals surface area contributed by atoms with E-state index >= 15 is 0 Å². The summed E-state index contributed by atoms with van der Waals surface area (Å²) in [6.07, 6.45) is 5.22. The summed E-state index contributed by atoms with van der Waals surface area (Å²) in [5.74, 6) is 0.676. The summed E-state index contributed by atoms with van der Waals surface area (Å²) < 4.78 is 20.9. The minimum Gasteiger partial charge on any atom is -0.463 e. The van der Waals surface area contributed by atoms with E-state index in [4.69, 9.17) is 19.2 Å². The lowest BCUT2D eigenvalue weighted by atomic mass is 9.94. The Hall–Kier alpha value is -5.40. The predicted octanol–water partition coefficient (Wildman–Crippen LogP) is 5.18. The lowest BCUT2D eigenvalue weighted by Gasteiger charge is -2.25. The Kier molecular flexibility index (Phi) is 7.76. The maximum atomic E-state index is 14.4. The molecule has 4 heterocycles. The van der Waals surface area contributed by atoms with Gasteiger partial charge in [-0.2, -0.15) is 5.26 Å². The van der Waals surface area contributed by atoms with Crippen LogP contribution in [0, 0.1) is 11.3 Å². The van der Waals surface area contributed by atoms with Gasteiger partial charge in [0.1, 0.15) is 0 Å². The number of carbonyl (C=O) groups is 1. The van der Waals surface area contributed by atoms with E-state index in [1.165, 1.54) is 11.3 Å².